The van der Waals surface area contributed by atoms with E-state index < -0.39 is 16.5 Å². The standard InChI is InChI=1S/C15H38N2Si3/c1-12(18)13(16-19(8,9)14(2,3)4)17-20(10,11)15(5,6)7/h13,16-17H,1H2,2-11,18H3. The van der Waals surface area contributed by atoms with Crippen LogP contribution < -0.4 is 9.96 Å². The average molecular weight is 331 g/mol. The van der Waals surface area contributed by atoms with Gasteiger partial charge in [0.1, 0.15) is 16.5 Å². The average Bonchev–Trinajstić information content (AvgIpc) is 2.11. The van der Waals surface area contributed by atoms with Crippen molar-refractivity contribution >= 4 is 26.7 Å². The minimum absolute atomic E-state index is 0.295. The van der Waals surface area contributed by atoms with E-state index in [1.54, 1.807) is 0 Å². The van der Waals surface area contributed by atoms with Gasteiger partial charge in [-0.05, 0) is 10.1 Å². The molecule has 0 aromatic heterocycles. The molecule has 0 fully saturated rings. The van der Waals surface area contributed by atoms with Crippen molar-refractivity contribution in [1.82, 2.24) is 9.96 Å². The van der Waals surface area contributed by atoms with Gasteiger partial charge in [-0.25, -0.2) is 0 Å². The van der Waals surface area contributed by atoms with Crippen LogP contribution in [0.1, 0.15) is 41.5 Å². The number of hydrogen-bond donors (Lipinski definition) is 2. The van der Waals surface area contributed by atoms with Crippen molar-refractivity contribution in [3.8, 4) is 0 Å². The topological polar surface area (TPSA) is 24.1 Å². The number of hydrogen-bond acceptors (Lipinski definition) is 2. The van der Waals surface area contributed by atoms with Crippen LogP contribution in [0.25, 0.3) is 0 Å². The van der Waals surface area contributed by atoms with Crippen LogP contribution in [0.15, 0.2) is 11.8 Å². The smallest absolute Gasteiger partial charge is 0.126 e. The van der Waals surface area contributed by atoms with Crippen LogP contribution in [0.2, 0.25) is 36.3 Å². The van der Waals surface area contributed by atoms with Crippen LogP contribution >= 0.6 is 0 Å². The molecule has 5 heteroatoms. The first kappa shape index (κ1) is 20.3. The predicted molar refractivity (Wildman–Crippen MR) is 104 cm³/mol. The lowest BCUT2D eigenvalue weighted by molar-refractivity contribution is 0.595. The van der Waals surface area contributed by atoms with Gasteiger partial charge >= 0.3 is 0 Å². The summed E-state index contributed by atoms with van der Waals surface area (Å²) in [6.07, 6.45) is 0.295. The van der Waals surface area contributed by atoms with Gasteiger partial charge in [0.2, 0.25) is 0 Å². The molecule has 0 atom stereocenters. The molecule has 0 rings (SSSR count). The molecule has 0 amide bonds. The molecule has 0 radical (unpaired) electrons. The molecule has 20 heavy (non-hydrogen) atoms. The first-order valence-electron chi connectivity index (χ1n) is 7.72. The maximum Gasteiger partial charge on any atom is 0.126 e. The van der Waals surface area contributed by atoms with Crippen LogP contribution in [0.4, 0.5) is 0 Å². The third-order valence-corrected chi connectivity index (χ3v) is 15.4. The van der Waals surface area contributed by atoms with Crippen LogP contribution in [-0.4, -0.2) is 32.9 Å². The third-order valence-electron chi connectivity index (χ3n) is 5.25. The molecule has 120 valence electrons. The summed E-state index contributed by atoms with van der Waals surface area (Å²) in [6, 6.07) is 0. The normalized spacial score (nSPS) is 14.9. The van der Waals surface area contributed by atoms with E-state index >= 15 is 0 Å². The Morgan fingerprint density at radius 1 is 0.850 bits per heavy atom. The highest BCUT2D eigenvalue weighted by Crippen LogP contribution is 2.36. The van der Waals surface area contributed by atoms with Gasteiger partial charge in [0.15, 0.2) is 0 Å². The van der Waals surface area contributed by atoms with Gasteiger partial charge in [0.25, 0.3) is 0 Å². The van der Waals surface area contributed by atoms with Gasteiger partial charge in [0.05, 0.1) is 6.17 Å². The lowest BCUT2D eigenvalue weighted by Gasteiger charge is -2.46. The zero-order valence-corrected chi connectivity index (χ0v) is 19.8. The van der Waals surface area contributed by atoms with E-state index in [1.807, 2.05) is 0 Å². The monoisotopic (exact) mass is 330 g/mol. The Bertz CT molecular complexity index is 321. The molecular formula is C15H38N2Si3. The molecule has 0 aliphatic carbocycles. The highest BCUT2D eigenvalue weighted by Gasteiger charge is 2.41. The maximum atomic E-state index is 4.27. The van der Waals surface area contributed by atoms with Gasteiger partial charge in [-0.1, -0.05) is 72.9 Å². The van der Waals surface area contributed by atoms with E-state index in [-0.39, 0.29) is 0 Å². The van der Waals surface area contributed by atoms with Crippen molar-refractivity contribution in [3.05, 3.63) is 11.8 Å². The highest BCUT2D eigenvalue weighted by molar-refractivity contribution is 6.79. The second kappa shape index (κ2) is 6.20. The first-order valence-corrected chi connectivity index (χ1v) is 14.7. The molecular weight excluding hydrogens is 292 g/mol. The van der Waals surface area contributed by atoms with E-state index in [0.717, 1.165) is 10.2 Å². The fourth-order valence-electron chi connectivity index (χ4n) is 1.44. The minimum Gasteiger partial charge on any atom is -0.320 e. The largest absolute Gasteiger partial charge is 0.320 e. The highest BCUT2D eigenvalue weighted by atomic mass is 28.3. The Morgan fingerprint density at radius 2 is 1.10 bits per heavy atom. The van der Waals surface area contributed by atoms with E-state index in [2.05, 4.69) is 84.3 Å². The fraction of sp³-hybridized carbons (Fsp3) is 0.867. The zero-order valence-electron chi connectivity index (χ0n) is 15.8. The molecule has 0 saturated heterocycles. The lowest BCUT2D eigenvalue weighted by atomic mass is 10.2. The van der Waals surface area contributed by atoms with Crippen molar-refractivity contribution in [1.29, 1.82) is 0 Å². The fourth-order valence-corrected chi connectivity index (χ4v) is 5.39. The van der Waals surface area contributed by atoms with E-state index in [0.29, 0.717) is 16.2 Å². The summed E-state index contributed by atoms with van der Waals surface area (Å²) < 4.78 is 0. The van der Waals surface area contributed by atoms with Gasteiger partial charge in [-0.15, -0.1) is 6.58 Å². The first-order chi connectivity index (χ1) is 8.51. The molecule has 0 spiro atoms. The van der Waals surface area contributed by atoms with E-state index in [4.69, 9.17) is 0 Å². The molecule has 0 bridgehead atoms. The minimum atomic E-state index is -1.52. The number of rotatable bonds is 5. The Balaban J connectivity index is 5.18. The quantitative estimate of drug-likeness (QED) is 0.596. The molecule has 0 aliphatic rings. The Kier molecular flexibility index (Phi) is 6.30. The Labute approximate surface area is 132 Å². The van der Waals surface area contributed by atoms with Crippen molar-refractivity contribution in [3.63, 3.8) is 0 Å². The van der Waals surface area contributed by atoms with Gasteiger partial charge < -0.3 is 9.96 Å². The van der Waals surface area contributed by atoms with Gasteiger partial charge in [0, 0.05) is 10.2 Å². The molecule has 0 saturated carbocycles. The third kappa shape index (κ3) is 5.26. The molecule has 0 aromatic rings. The second-order valence-electron chi connectivity index (χ2n) is 9.32. The summed E-state index contributed by atoms with van der Waals surface area (Å²) in [5, 5.41) is 2.02. The van der Waals surface area contributed by atoms with Crippen molar-refractivity contribution in [2.45, 2.75) is 84.0 Å². The Morgan fingerprint density at radius 3 is 1.25 bits per heavy atom. The molecule has 2 nitrogen and oxygen atoms in total. The van der Waals surface area contributed by atoms with E-state index in [9.17, 15) is 0 Å². The summed E-state index contributed by atoms with van der Waals surface area (Å²) in [7, 11) is -2.00. The summed E-state index contributed by atoms with van der Waals surface area (Å²) >= 11 is 0. The van der Waals surface area contributed by atoms with Gasteiger partial charge in [-0.3, -0.25) is 0 Å². The molecule has 2 N–H and O–H groups in total. The summed E-state index contributed by atoms with van der Waals surface area (Å²) in [6.45, 7) is 28.1. The zero-order chi connectivity index (χ0) is 16.6. The van der Waals surface area contributed by atoms with Crippen LogP contribution in [0, 0.1) is 0 Å². The molecule has 0 unspecified atom stereocenters. The van der Waals surface area contributed by atoms with Crippen molar-refractivity contribution < 1.29 is 0 Å². The summed E-state index contributed by atoms with van der Waals surface area (Å²) in [4.78, 5) is 7.92. The number of nitrogens with one attached hydrogen (secondary N) is 2. The molecule has 0 aromatic carbocycles. The van der Waals surface area contributed by atoms with Crippen LogP contribution in [0.5, 0.6) is 0 Å². The van der Waals surface area contributed by atoms with Crippen LogP contribution in [0.3, 0.4) is 0 Å². The Hall–Kier alpha value is 0.311. The van der Waals surface area contributed by atoms with Crippen LogP contribution in [-0.2, 0) is 0 Å². The van der Waals surface area contributed by atoms with Crippen molar-refractivity contribution in [2.24, 2.45) is 0 Å². The maximum absolute atomic E-state index is 4.27. The van der Waals surface area contributed by atoms with E-state index in [1.165, 1.54) is 5.20 Å². The summed E-state index contributed by atoms with van der Waals surface area (Å²) in [5.41, 5.74) is 0. The second-order valence-corrected chi connectivity index (χ2v) is 20.7. The van der Waals surface area contributed by atoms with Gasteiger partial charge in [-0.2, -0.15) is 0 Å². The SMILES string of the molecule is C=C([SiH3])C(N[Si](C)(C)C(C)(C)C)N[Si](C)(C)C(C)(C)C. The van der Waals surface area contributed by atoms with Crippen molar-refractivity contribution in [2.75, 3.05) is 0 Å². The summed E-state index contributed by atoms with van der Waals surface area (Å²) in [5.74, 6) is 0. The molecule has 0 heterocycles. The molecule has 0 aliphatic heterocycles. The lowest BCUT2D eigenvalue weighted by Crippen LogP contribution is -2.67. The predicted octanol–water partition coefficient (Wildman–Crippen LogP) is 3.38.